The molecule has 1 unspecified atom stereocenters. The molecule has 4 rings (SSSR count). The normalized spacial score (nSPS) is 25.9. The van der Waals surface area contributed by atoms with E-state index in [1.54, 1.807) is 24.1 Å². The maximum absolute atomic E-state index is 10.9. The summed E-state index contributed by atoms with van der Waals surface area (Å²) in [6, 6.07) is 5.72. The number of carboxylic acid groups (broad SMARTS) is 1. The molecule has 0 bridgehead atoms. The van der Waals surface area contributed by atoms with Crippen molar-refractivity contribution in [2.24, 2.45) is 11.8 Å². The summed E-state index contributed by atoms with van der Waals surface area (Å²) in [5, 5.41) is 13.6. The molecule has 0 spiro atoms. The second-order valence-electron chi connectivity index (χ2n) is 5.78. The Kier molecular flexibility index (Phi) is 2.82. The van der Waals surface area contributed by atoms with Crippen LogP contribution in [0.3, 0.4) is 0 Å². The van der Waals surface area contributed by atoms with Crippen LogP contribution in [0.1, 0.15) is 11.6 Å². The number of likely N-dealkylation sites (tertiary alicyclic amines) is 1. The predicted molar refractivity (Wildman–Crippen MR) is 77.2 cm³/mol. The second-order valence-corrected chi connectivity index (χ2v) is 5.78. The SMILES string of the molecule is COc1ccc(-n2ccc([C@H]3C4CN(C(=O)O)C[C@H]43)n2)cn1. The van der Waals surface area contributed by atoms with Gasteiger partial charge in [0, 0.05) is 31.3 Å². The summed E-state index contributed by atoms with van der Waals surface area (Å²) in [5.74, 6) is 1.81. The number of pyridine rings is 1. The van der Waals surface area contributed by atoms with Crippen molar-refractivity contribution in [3.05, 3.63) is 36.3 Å². The van der Waals surface area contributed by atoms with Gasteiger partial charge in [-0.3, -0.25) is 0 Å². The fourth-order valence-electron chi connectivity index (χ4n) is 3.41. The van der Waals surface area contributed by atoms with Crippen molar-refractivity contribution in [1.29, 1.82) is 0 Å². The monoisotopic (exact) mass is 300 g/mol. The molecule has 3 atom stereocenters. The third-order valence-electron chi connectivity index (χ3n) is 4.61. The number of fused-ring (bicyclic) bond motifs is 1. The lowest BCUT2D eigenvalue weighted by Crippen LogP contribution is -2.29. The van der Waals surface area contributed by atoms with Crippen molar-refractivity contribution in [2.75, 3.05) is 20.2 Å². The first-order valence-electron chi connectivity index (χ1n) is 7.21. The molecule has 1 aliphatic heterocycles. The Morgan fingerprint density at radius 3 is 2.68 bits per heavy atom. The van der Waals surface area contributed by atoms with E-state index in [1.165, 1.54) is 4.90 Å². The summed E-state index contributed by atoms with van der Waals surface area (Å²) in [5.41, 5.74) is 1.92. The number of hydrogen-bond donors (Lipinski definition) is 1. The van der Waals surface area contributed by atoms with E-state index in [0.29, 0.717) is 36.7 Å². The number of amides is 1. The van der Waals surface area contributed by atoms with E-state index in [1.807, 2.05) is 18.3 Å². The molecule has 3 heterocycles. The Labute approximate surface area is 127 Å². The van der Waals surface area contributed by atoms with Crippen LogP contribution in [0.5, 0.6) is 5.88 Å². The summed E-state index contributed by atoms with van der Waals surface area (Å²) >= 11 is 0. The van der Waals surface area contributed by atoms with Gasteiger partial charge in [0.1, 0.15) is 0 Å². The number of hydrogen-bond acceptors (Lipinski definition) is 4. The molecule has 2 aromatic rings. The summed E-state index contributed by atoms with van der Waals surface area (Å²) in [6.07, 6.45) is 2.82. The van der Waals surface area contributed by atoms with Crippen LogP contribution in [-0.4, -0.2) is 51.1 Å². The molecular formula is C15H16N4O3. The Hall–Kier alpha value is -2.57. The van der Waals surface area contributed by atoms with E-state index in [-0.39, 0.29) is 0 Å². The first-order valence-corrected chi connectivity index (χ1v) is 7.21. The number of piperidine rings is 1. The van der Waals surface area contributed by atoms with Gasteiger partial charge in [0.2, 0.25) is 5.88 Å². The molecule has 114 valence electrons. The molecule has 1 aliphatic carbocycles. The number of ether oxygens (including phenoxy) is 1. The van der Waals surface area contributed by atoms with Crippen molar-refractivity contribution in [1.82, 2.24) is 19.7 Å². The van der Waals surface area contributed by atoms with Crippen LogP contribution in [0.4, 0.5) is 4.79 Å². The van der Waals surface area contributed by atoms with Gasteiger partial charge in [-0.25, -0.2) is 14.5 Å². The lowest BCUT2D eigenvalue weighted by atomic mass is 10.2. The summed E-state index contributed by atoms with van der Waals surface area (Å²) in [7, 11) is 1.58. The topological polar surface area (TPSA) is 80.5 Å². The molecule has 2 aromatic heterocycles. The van der Waals surface area contributed by atoms with Crippen LogP contribution >= 0.6 is 0 Å². The first-order chi connectivity index (χ1) is 10.7. The lowest BCUT2D eigenvalue weighted by Gasteiger charge is -2.14. The minimum atomic E-state index is -0.819. The molecule has 1 saturated heterocycles. The van der Waals surface area contributed by atoms with E-state index in [0.717, 1.165) is 11.4 Å². The number of aromatic nitrogens is 3. The Morgan fingerprint density at radius 1 is 1.32 bits per heavy atom. The highest BCUT2D eigenvalue weighted by Crippen LogP contribution is 2.57. The van der Waals surface area contributed by atoms with Gasteiger partial charge in [-0.2, -0.15) is 5.10 Å². The Balaban J connectivity index is 1.48. The second kappa shape index (κ2) is 4.72. The third-order valence-corrected chi connectivity index (χ3v) is 4.61. The van der Waals surface area contributed by atoms with Crippen LogP contribution in [-0.2, 0) is 0 Å². The molecular weight excluding hydrogens is 284 g/mol. The quantitative estimate of drug-likeness (QED) is 0.931. The van der Waals surface area contributed by atoms with E-state index >= 15 is 0 Å². The number of carbonyl (C=O) groups is 1. The molecule has 7 heteroatoms. The van der Waals surface area contributed by atoms with Crippen LogP contribution in [0.25, 0.3) is 5.69 Å². The van der Waals surface area contributed by atoms with E-state index in [2.05, 4.69) is 10.1 Å². The van der Waals surface area contributed by atoms with Crippen molar-refractivity contribution in [2.45, 2.75) is 5.92 Å². The largest absolute Gasteiger partial charge is 0.481 e. The average Bonchev–Trinajstić information content (AvgIpc) is 2.95. The molecule has 2 aliphatic rings. The lowest BCUT2D eigenvalue weighted by molar-refractivity contribution is 0.150. The maximum Gasteiger partial charge on any atom is 0.407 e. The van der Waals surface area contributed by atoms with Gasteiger partial charge in [0.25, 0.3) is 0 Å². The molecule has 1 saturated carbocycles. The van der Waals surface area contributed by atoms with Crippen LogP contribution < -0.4 is 4.74 Å². The molecule has 0 aromatic carbocycles. The average molecular weight is 300 g/mol. The Bertz CT molecular complexity index is 700. The smallest absolute Gasteiger partial charge is 0.407 e. The highest BCUT2D eigenvalue weighted by molar-refractivity contribution is 5.66. The van der Waals surface area contributed by atoms with Gasteiger partial charge in [-0.1, -0.05) is 0 Å². The molecule has 2 fully saturated rings. The highest BCUT2D eigenvalue weighted by atomic mass is 16.5. The van der Waals surface area contributed by atoms with Crippen molar-refractivity contribution < 1.29 is 14.6 Å². The summed E-state index contributed by atoms with van der Waals surface area (Å²) in [4.78, 5) is 16.6. The van der Waals surface area contributed by atoms with Crippen molar-refractivity contribution in [3.63, 3.8) is 0 Å². The zero-order valence-electron chi connectivity index (χ0n) is 12.1. The minimum Gasteiger partial charge on any atom is -0.481 e. The van der Waals surface area contributed by atoms with Gasteiger partial charge in [-0.05, 0) is 24.0 Å². The van der Waals surface area contributed by atoms with Crippen LogP contribution in [0.15, 0.2) is 30.6 Å². The fraction of sp³-hybridized carbons (Fsp3) is 0.400. The fourth-order valence-corrected chi connectivity index (χ4v) is 3.41. The summed E-state index contributed by atoms with van der Waals surface area (Å²) in [6.45, 7) is 1.25. The van der Waals surface area contributed by atoms with Crippen molar-refractivity contribution >= 4 is 6.09 Å². The van der Waals surface area contributed by atoms with Gasteiger partial charge in [0.05, 0.1) is 24.7 Å². The first kappa shape index (κ1) is 13.1. The molecule has 0 radical (unpaired) electrons. The molecule has 7 nitrogen and oxygen atoms in total. The molecule has 1 amide bonds. The van der Waals surface area contributed by atoms with E-state index < -0.39 is 6.09 Å². The standard InChI is InChI=1S/C15H16N4O3/c1-22-13-3-2-9(6-16-13)19-5-4-12(17-19)14-10-7-18(15(20)21)8-11(10)14/h2-6,10-11,14H,7-8H2,1H3,(H,20,21)/t10-,11?,14-/m1/s1. The minimum absolute atomic E-state index is 0.392. The Morgan fingerprint density at radius 2 is 2.09 bits per heavy atom. The van der Waals surface area contributed by atoms with Gasteiger partial charge < -0.3 is 14.7 Å². The van der Waals surface area contributed by atoms with Crippen molar-refractivity contribution in [3.8, 4) is 11.6 Å². The maximum atomic E-state index is 10.9. The van der Waals surface area contributed by atoms with Crippen LogP contribution in [0, 0.1) is 11.8 Å². The number of nitrogens with zero attached hydrogens (tertiary/aromatic N) is 4. The highest BCUT2D eigenvalue weighted by Gasteiger charge is 2.58. The van der Waals surface area contributed by atoms with E-state index in [4.69, 9.17) is 9.84 Å². The molecule has 1 N–H and O–H groups in total. The van der Waals surface area contributed by atoms with E-state index in [9.17, 15) is 4.79 Å². The van der Waals surface area contributed by atoms with Gasteiger partial charge >= 0.3 is 6.09 Å². The molecule has 22 heavy (non-hydrogen) atoms. The number of methoxy groups -OCH3 is 1. The number of rotatable bonds is 3. The summed E-state index contributed by atoms with van der Waals surface area (Å²) < 4.78 is 6.84. The zero-order valence-corrected chi connectivity index (χ0v) is 12.1. The van der Waals surface area contributed by atoms with Crippen LogP contribution in [0.2, 0.25) is 0 Å². The zero-order chi connectivity index (χ0) is 15.3. The predicted octanol–water partition coefficient (Wildman–Crippen LogP) is 1.60. The van der Waals surface area contributed by atoms with Gasteiger partial charge in [0.15, 0.2) is 0 Å². The third kappa shape index (κ3) is 2.01. The van der Waals surface area contributed by atoms with Gasteiger partial charge in [-0.15, -0.1) is 0 Å².